The quantitative estimate of drug-likeness (QED) is 0.471. The number of hydrogen-bond acceptors (Lipinski definition) is 3. The lowest BCUT2D eigenvalue weighted by Gasteiger charge is -2.58. The van der Waals surface area contributed by atoms with Crippen molar-refractivity contribution < 1.29 is 14.3 Å². The Labute approximate surface area is 181 Å². The van der Waals surface area contributed by atoms with Crippen LogP contribution in [-0.4, -0.2) is 24.3 Å². The van der Waals surface area contributed by atoms with Gasteiger partial charge in [-0.25, -0.2) is 0 Å². The number of rotatable bonds is 0. The van der Waals surface area contributed by atoms with Gasteiger partial charge in [0.2, 0.25) is 0 Å². The number of carbonyl (C=O) groups is 1. The van der Waals surface area contributed by atoms with Crippen molar-refractivity contribution in [2.75, 3.05) is 6.61 Å². The molecule has 4 aliphatic carbocycles. The highest BCUT2D eigenvalue weighted by Crippen LogP contribution is 2.70. The van der Waals surface area contributed by atoms with E-state index in [9.17, 15) is 4.79 Å². The van der Waals surface area contributed by atoms with E-state index in [1.807, 2.05) is 6.08 Å². The molecule has 3 nitrogen and oxygen atoms in total. The molecule has 0 aromatic rings. The predicted octanol–water partition coefficient (Wildman–Crippen LogP) is 5.84. The minimum atomic E-state index is -0.495. The molecule has 5 fully saturated rings. The van der Waals surface area contributed by atoms with Gasteiger partial charge in [-0.1, -0.05) is 32.9 Å². The lowest BCUT2D eigenvalue weighted by molar-refractivity contribution is -0.237. The highest BCUT2D eigenvalue weighted by molar-refractivity contribution is 5.91. The molecule has 3 saturated carbocycles. The number of carbonyl (C=O) groups excluding carboxylic acids is 1. The van der Waals surface area contributed by atoms with Gasteiger partial charge in [-0.05, 0) is 91.1 Å². The van der Waals surface area contributed by atoms with Gasteiger partial charge in [-0.15, -0.1) is 0 Å². The number of hydrogen-bond donors (Lipinski definition) is 0. The third-order valence-corrected chi connectivity index (χ3v) is 10.7. The molecule has 1 spiro atoms. The van der Waals surface area contributed by atoms with Crippen LogP contribution >= 0.6 is 0 Å². The van der Waals surface area contributed by atoms with Gasteiger partial charge in [0.15, 0.2) is 11.6 Å². The molecule has 164 valence electrons. The van der Waals surface area contributed by atoms with E-state index in [1.165, 1.54) is 43.3 Å². The van der Waals surface area contributed by atoms with Crippen molar-refractivity contribution in [2.24, 2.45) is 40.4 Å². The molecule has 30 heavy (non-hydrogen) atoms. The lowest BCUT2D eigenvalue weighted by atomic mass is 9.46. The molecule has 2 aliphatic heterocycles. The van der Waals surface area contributed by atoms with Gasteiger partial charge in [-0.2, -0.15) is 0 Å². The SMILES string of the molecule is C=C1[C@H]2[C@H](C[C@H]3[C@@H]4CCC5=CC(=O)CC[C@]5(C)[C@H]4CC[C@@]32C)O[C@]12CC[C@@H](C)CO2. The van der Waals surface area contributed by atoms with E-state index in [4.69, 9.17) is 9.47 Å². The third-order valence-electron chi connectivity index (χ3n) is 10.7. The zero-order valence-electron chi connectivity index (χ0n) is 19.0. The van der Waals surface area contributed by atoms with Crippen LogP contribution in [0.5, 0.6) is 0 Å². The maximum absolute atomic E-state index is 12.1. The number of ketones is 1. The molecular weight excluding hydrogens is 372 g/mol. The summed E-state index contributed by atoms with van der Waals surface area (Å²) in [6.45, 7) is 12.7. The van der Waals surface area contributed by atoms with Crippen LogP contribution in [0.1, 0.15) is 78.6 Å². The second-order valence-electron chi connectivity index (χ2n) is 12.1. The van der Waals surface area contributed by atoms with E-state index in [2.05, 4.69) is 27.4 Å². The first-order chi connectivity index (χ1) is 14.3. The first kappa shape index (κ1) is 19.7. The van der Waals surface area contributed by atoms with Crippen LogP contribution in [0.4, 0.5) is 0 Å². The smallest absolute Gasteiger partial charge is 0.191 e. The fraction of sp³-hybridized carbons (Fsp3) is 0.815. The van der Waals surface area contributed by atoms with Crippen molar-refractivity contribution in [1.82, 2.24) is 0 Å². The van der Waals surface area contributed by atoms with E-state index >= 15 is 0 Å². The van der Waals surface area contributed by atoms with Gasteiger partial charge in [0.1, 0.15) is 0 Å². The van der Waals surface area contributed by atoms with Gasteiger partial charge >= 0.3 is 0 Å². The van der Waals surface area contributed by atoms with Gasteiger partial charge < -0.3 is 9.47 Å². The van der Waals surface area contributed by atoms with Gasteiger partial charge in [-0.3, -0.25) is 4.79 Å². The van der Waals surface area contributed by atoms with E-state index in [1.54, 1.807) is 0 Å². The molecule has 2 heterocycles. The molecule has 0 aromatic carbocycles. The fourth-order valence-corrected chi connectivity index (χ4v) is 9.06. The fourth-order valence-electron chi connectivity index (χ4n) is 9.06. The average Bonchev–Trinajstić information content (AvgIpc) is 3.16. The summed E-state index contributed by atoms with van der Waals surface area (Å²) in [5, 5.41) is 0. The minimum Gasteiger partial charge on any atom is -0.346 e. The Morgan fingerprint density at radius 3 is 2.67 bits per heavy atom. The zero-order chi connectivity index (χ0) is 20.9. The maximum atomic E-state index is 12.1. The molecular formula is C27H38O3. The molecule has 2 saturated heterocycles. The van der Waals surface area contributed by atoms with Gasteiger partial charge in [0.25, 0.3) is 0 Å². The first-order valence-corrected chi connectivity index (χ1v) is 12.5. The van der Waals surface area contributed by atoms with Crippen LogP contribution in [-0.2, 0) is 14.3 Å². The summed E-state index contributed by atoms with van der Waals surface area (Å²) in [6, 6.07) is 0. The van der Waals surface area contributed by atoms with E-state index in [-0.39, 0.29) is 11.5 Å². The van der Waals surface area contributed by atoms with Crippen LogP contribution in [0, 0.1) is 40.4 Å². The Morgan fingerprint density at radius 2 is 1.90 bits per heavy atom. The summed E-state index contributed by atoms with van der Waals surface area (Å²) in [4.78, 5) is 12.1. The predicted molar refractivity (Wildman–Crippen MR) is 117 cm³/mol. The van der Waals surface area contributed by atoms with Crippen molar-refractivity contribution in [2.45, 2.75) is 90.4 Å². The summed E-state index contributed by atoms with van der Waals surface area (Å²) in [5.74, 6) is 3.16. The molecule has 0 N–H and O–H groups in total. The minimum absolute atomic E-state index is 0.248. The molecule has 0 radical (unpaired) electrons. The maximum Gasteiger partial charge on any atom is 0.191 e. The van der Waals surface area contributed by atoms with E-state index in [0.717, 1.165) is 50.0 Å². The largest absolute Gasteiger partial charge is 0.346 e. The van der Waals surface area contributed by atoms with Gasteiger partial charge in [0, 0.05) is 18.8 Å². The number of allylic oxidation sites excluding steroid dienone is 1. The number of ether oxygens (including phenoxy) is 2. The summed E-state index contributed by atoms with van der Waals surface area (Å²) in [6.07, 6.45) is 12.4. The first-order valence-electron chi connectivity index (χ1n) is 12.5. The normalized spacial score (nSPS) is 55.0. The average molecular weight is 411 g/mol. The third kappa shape index (κ3) is 2.43. The molecule has 3 heteroatoms. The monoisotopic (exact) mass is 410 g/mol. The highest BCUT2D eigenvalue weighted by Gasteiger charge is 2.67. The van der Waals surface area contributed by atoms with Crippen LogP contribution < -0.4 is 0 Å². The second kappa shape index (κ2) is 6.32. The van der Waals surface area contributed by atoms with Crippen molar-refractivity contribution in [3.05, 3.63) is 23.8 Å². The van der Waals surface area contributed by atoms with Crippen molar-refractivity contribution in [3.63, 3.8) is 0 Å². The molecule has 9 atom stereocenters. The summed E-state index contributed by atoms with van der Waals surface area (Å²) >= 11 is 0. The van der Waals surface area contributed by atoms with E-state index in [0.29, 0.717) is 23.0 Å². The second-order valence-corrected chi connectivity index (χ2v) is 12.1. The van der Waals surface area contributed by atoms with E-state index < -0.39 is 5.79 Å². The molecule has 0 aromatic heterocycles. The van der Waals surface area contributed by atoms with Crippen molar-refractivity contribution in [3.8, 4) is 0 Å². The molecule has 6 aliphatic rings. The summed E-state index contributed by atoms with van der Waals surface area (Å²) in [5.41, 5.74) is 3.26. The number of fused-ring (bicyclic) bond motifs is 7. The molecule has 0 amide bonds. The van der Waals surface area contributed by atoms with Crippen LogP contribution in [0.2, 0.25) is 0 Å². The standard InChI is InChI=1S/C27H38O3/c1-16-7-12-27(29-15-16)17(2)24-23(30-27)14-22-20-6-5-18-13-19(28)8-10-25(18,3)21(20)9-11-26(22,24)4/h13,16,20-24H,2,5-12,14-15H2,1,3-4H3/t16-,20-,21+,22+,23+,24+,25+,26+,27-/m1/s1. The Kier molecular flexibility index (Phi) is 4.15. The topological polar surface area (TPSA) is 35.5 Å². The summed E-state index contributed by atoms with van der Waals surface area (Å²) in [7, 11) is 0. The lowest BCUT2D eigenvalue weighted by Crippen LogP contribution is -2.51. The molecule has 0 unspecified atom stereocenters. The Morgan fingerprint density at radius 1 is 1.07 bits per heavy atom. The van der Waals surface area contributed by atoms with Crippen LogP contribution in [0.15, 0.2) is 23.8 Å². The molecule has 0 bridgehead atoms. The Balaban J connectivity index is 1.29. The highest BCUT2D eigenvalue weighted by atomic mass is 16.7. The van der Waals surface area contributed by atoms with Crippen molar-refractivity contribution in [1.29, 1.82) is 0 Å². The summed E-state index contributed by atoms with van der Waals surface area (Å²) < 4.78 is 13.1. The van der Waals surface area contributed by atoms with Gasteiger partial charge in [0.05, 0.1) is 12.7 Å². The van der Waals surface area contributed by atoms with Crippen LogP contribution in [0.3, 0.4) is 0 Å². The molecule has 6 rings (SSSR count). The Bertz CT molecular complexity index is 818. The van der Waals surface area contributed by atoms with Crippen molar-refractivity contribution >= 4 is 5.78 Å². The van der Waals surface area contributed by atoms with Crippen LogP contribution in [0.25, 0.3) is 0 Å². The Hall–Kier alpha value is -0.930. The zero-order valence-corrected chi connectivity index (χ0v) is 19.0.